The van der Waals surface area contributed by atoms with Crippen LogP contribution in [-0.2, 0) is 19.0 Å². The minimum Gasteiger partial charge on any atom is -0.491 e. The highest BCUT2D eigenvalue weighted by atomic mass is 32.2. The van der Waals surface area contributed by atoms with Crippen molar-refractivity contribution in [3.8, 4) is 5.75 Å². The highest BCUT2D eigenvalue weighted by molar-refractivity contribution is 7.85. The molecule has 0 amide bonds. The van der Waals surface area contributed by atoms with Crippen LogP contribution in [0.4, 0.5) is 13.2 Å². The largest absolute Gasteiger partial charge is 0.491 e. The lowest BCUT2D eigenvalue weighted by Crippen LogP contribution is -2.11. The van der Waals surface area contributed by atoms with Crippen molar-refractivity contribution >= 4 is 16.1 Å². The molecule has 0 aliphatic rings. The van der Waals surface area contributed by atoms with Gasteiger partial charge in [0.2, 0.25) is 5.82 Å². The number of methoxy groups -OCH3 is 1. The number of halogens is 3. The van der Waals surface area contributed by atoms with Gasteiger partial charge in [0.25, 0.3) is 10.1 Å². The van der Waals surface area contributed by atoms with E-state index in [0.29, 0.717) is 6.07 Å². The van der Waals surface area contributed by atoms with E-state index in [1.54, 1.807) is 0 Å². The van der Waals surface area contributed by atoms with Gasteiger partial charge in [0, 0.05) is 0 Å². The third kappa shape index (κ3) is 5.57. The van der Waals surface area contributed by atoms with Gasteiger partial charge < -0.3 is 9.47 Å². The maximum atomic E-state index is 13.8. The Morgan fingerprint density at radius 3 is 2.35 bits per heavy atom. The van der Waals surface area contributed by atoms with E-state index < -0.39 is 44.9 Å². The Morgan fingerprint density at radius 1 is 1.17 bits per heavy atom. The highest BCUT2D eigenvalue weighted by Gasteiger charge is 2.24. The summed E-state index contributed by atoms with van der Waals surface area (Å²) >= 11 is 0. The number of benzene rings is 1. The van der Waals surface area contributed by atoms with Crippen LogP contribution in [0.5, 0.6) is 5.75 Å². The molecule has 0 saturated heterocycles. The molecule has 0 saturated carbocycles. The van der Waals surface area contributed by atoms with Crippen molar-refractivity contribution in [2.45, 2.75) is 0 Å². The molecule has 0 bridgehead atoms. The van der Waals surface area contributed by atoms with Gasteiger partial charge in [-0.15, -0.1) is 0 Å². The summed E-state index contributed by atoms with van der Waals surface area (Å²) < 4.78 is 74.9. The van der Waals surface area contributed by atoms with Crippen molar-refractivity contribution in [2.24, 2.45) is 0 Å². The number of rotatable bonds is 7. The van der Waals surface area contributed by atoms with E-state index in [9.17, 15) is 26.4 Å². The second kappa shape index (κ2) is 7.97. The number of ether oxygens (including phenoxy) is 2. The van der Waals surface area contributed by atoms with Gasteiger partial charge in [0.05, 0.1) is 20.0 Å². The lowest BCUT2D eigenvalue weighted by molar-refractivity contribution is 0.0541. The first kappa shape index (κ1) is 19.0. The second-order valence-electron chi connectivity index (χ2n) is 4.13. The highest BCUT2D eigenvalue weighted by Crippen LogP contribution is 2.27. The van der Waals surface area contributed by atoms with E-state index >= 15 is 0 Å². The molecule has 0 N–H and O–H groups in total. The number of carbonyl (C=O) groups excluding carboxylic acids is 1. The van der Waals surface area contributed by atoms with Crippen molar-refractivity contribution in [2.75, 3.05) is 26.6 Å². The summed E-state index contributed by atoms with van der Waals surface area (Å²) in [6.45, 7) is -0.629. The lowest BCUT2D eigenvalue weighted by Gasteiger charge is -2.08. The van der Waals surface area contributed by atoms with Gasteiger partial charge >= 0.3 is 5.97 Å². The van der Waals surface area contributed by atoms with Crippen molar-refractivity contribution in [3.05, 3.63) is 41.2 Å². The maximum absolute atomic E-state index is 13.8. The van der Waals surface area contributed by atoms with Gasteiger partial charge in [-0.1, -0.05) is 6.08 Å². The zero-order chi connectivity index (χ0) is 17.6. The third-order valence-electron chi connectivity index (χ3n) is 2.40. The van der Waals surface area contributed by atoms with Crippen LogP contribution in [0, 0.1) is 17.5 Å². The van der Waals surface area contributed by atoms with Crippen LogP contribution >= 0.6 is 0 Å². The topological polar surface area (TPSA) is 78.9 Å². The van der Waals surface area contributed by atoms with Crippen molar-refractivity contribution in [1.29, 1.82) is 0 Å². The molecule has 0 atom stereocenters. The lowest BCUT2D eigenvalue weighted by atomic mass is 10.2. The molecule has 0 radical (unpaired) electrons. The van der Waals surface area contributed by atoms with Gasteiger partial charge in [-0.05, 0) is 12.1 Å². The minimum absolute atomic E-state index is 0.274. The normalized spacial score (nSPS) is 11.7. The van der Waals surface area contributed by atoms with E-state index in [0.717, 1.165) is 13.4 Å². The molecule has 0 aliphatic carbocycles. The summed E-state index contributed by atoms with van der Waals surface area (Å²) in [6.07, 6.45) is 3.34. The molecule has 1 aromatic rings. The monoisotopic (exact) mass is 354 g/mol. The number of hydrogen-bond donors (Lipinski definition) is 0. The minimum atomic E-state index is -3.59. The van der Waals surface area contributed by atoms with Crippen LogP contribution in [0.3, 0.4) is 0 Å². The van der Waals surface area contributed by atoms with Gasteiger partial charge in [0.1, 0.15) is 12.2 Å². The smallest absolute Gasteiger partial charge is 0.341 e. The maximum Gasteiger partial charge on any atom is 0.341 e. The standard InChI is InChI=1S/C13H13F3O6S/c1-20-12-10(15)8(7-9(14)11(12)16)13(17)21-5-3-4-6-22-23(2,18)19/h3-4,7H,5-6H2,1-2H3. The molecule has 0 unspecified atom stereocenters. The average molecular weight is 354 g/mol. The van der Waals surface area contributed by atoms with Crippen LogP contribution in [0.25, 0.3) is 0 Å². The van der Waals surface area contributed by atoms with Crippen molar-refractivity contribution < 1.29 is 40.0 Å². The summed E-state index contributed by atoms with van der Waals surface area (Å²) in [6, 6.07) is 0.353. The van der Waals surface area contributed by atoms with E-state index in [-0.39, 0.29) is 13.2 Å². The predicted molar refractivity (Wildman–Crippen MR) is 73.1 cm³/mol. The quantitative estimate of drug-likeness (QED) is 0.322. The molecule has 6 nitrogen and oxygen atoms in total. The van der Waals surface area contributed by atoms with Crippen molar-refractivity contribution in [3.63, 3.8) is 0 Å². The van der Waals surface area contributed by atoms with Gasteiger partial charge in [-0.3, -0.25) is 4.18 Å². The Kier molecular flexibility index (Phi) is 6.58. The van der Waals surface area contributed by atoms with Crippen LogP contribution < -0.4 is 4.74 Å². The zero-order valence-electron chi connectivity index (χ0n) is 12.1. The molecule has 10 heteroatoms. The molecular weight excluding hydrogens is 341 g/mol. The average Bonchev–Trinajstić information content (AvgIpc) is 2.45. The molecule has 0 heterocycles. The van der Waals surface area contributed by atoms with E-state index in [1.807, 2.05) is 0 Å². The molecule has 23 heavy (non-hydrogen) atoms. The molecule has 1 aromatic carbocycles. The molecule has 128 valence electrons. The predicted octanol–water partition coefficient (Wildman–Crippen LogP) is 1.80. The Hall–Kier alpha value is -2.07. The molecular formula is C13H13F3O6S. The number of carbonyl (C=O) groups is 1. The van der Waals surface area contributed by atoms with E-state index in [1.165, 1.54) is 12.2 Å². The van der Waals surface area contributed by atoms with Gasteiger partial charge in [0.15, 0.2) is 17.4 Å². The van der Waals surface area contributed by atoms with Crippen LogP contribution in [0.1, 0.15) is 10.4 Å². The van der Waals surface area contributed by atoms with Gasteiger partial charge in [-0.25, -0.2) is 13.6 Å². The number of esters is 1. The first-order valence-corrected chi connectivity index (χ1v) is 7.87. The third-order valence-corrected chi connectivity index (χ3v) is 2.96. The first-order chi connectivity index (χ1) is 10.7. The fraction of sp³-hybridized carbons (Fsp3) is 0.308. The fourth-order valence-corrected chi connectivity index (χ4v) is 1.73. The fourth-order valence-electron chi connectivity index (χ4n) is 1.41. The SMILES string of the molecule is COc1c(F)c(F)cc(C(=O)OCC=CCOS(C)(=O)=O)c1F. The van der Waals surface area contributed by atoms with Crippen LogP contribution in [0.2, 0.25) is 0 Å². The van der Waals surface area contributed by atoms with Crippen LogP contribution in [-0.4, -0.2) is 41.0 Å². The summed E-state index contributed by atoms with van der Waals surface area (Å²) in [7, 11) is -2.68. The van der Waals surface area contributed by atoms with Gasteiger partial charge in [-0.2, -0.15) is 12.8 Å². The Labute approximate surface area is 130 Å². The Morgan fingerprint density at radius 2 is 1.78 bits per heavy atom. The Bertz CT molecular complexity index is 715. The van der Waals surface area contributed by atoms with Crippen LogP contribution in [0.15, 0.2) is 18.2 Å². The molecule has 0 aromatic heterocycles. The molecule has 0 aliphatic heterocycles. The summed E-state index contributed by atoms with van der Waals surface area (Å²) in [5.41, 5.74) is -0.832. The summed E-state index contributed by atoms with van der Waals surface area (Å²) in [5.74, 6) is -6.69. The molecule has 0 fully saturated rings. The number of hydrogen-bond acceptors (Lipinski definition) is 6. The summed E-state index contributed by atoms with van der Waals surface area (Å²) in [5, 5.41) is 0. The molecule has 0 spiro atoms. The van der Waals surface area contributed by atoms with E-state index in [2.05, 4.69) is 13.7 Å². The zero-order valence-corrected chi connectivity index (χ0v) is 13.0. The summed E-state index contributed by atoms with van der Waals surface area (Å²) in [4.78, 5) is 11.6. The second-order valence-corrected chi connectivity index (χ2v) is 5.77. The first-order valence-electron chi connectivity index (χ1n) is 6.05. The van der Waals surface area contributed by atoms with Crippen molar-refractivity contribution in [1.82, 2.24) is 0 Å². The molecule has 1 rings (SSSR count). The van der Waals surface area contributed by atoms with E-state index in [4.69, 9.17) is 0 Å². The Balaban J connectivity index is 2.69.